The van der Waals surface area contributed by atoms with Crippen LogP contribution in [0.5, 0.6) is 0 Å². The summed E-state index contributed by atoms with van der Waals surface area (Å²) in [5, 5.41) is 7.57. The molecule has 0 saturated heterocycles. The van der Waals surface area contributed by atoms with Crippen LogP contribution in [0.25, 0.3) is 21.7 Å². The van der Waals surface area contributed by atoms with Gasteiger partial charge in [-0.15, -0.1) is 11.3 Å². The molecule has 3 aromatic heterocycles. The van der Waals surface area contributed by atoms with Crippen LogP contribution in [0.4, 0.5) is 0 Å². The molecule has 0 amide bonds. The molecule has 0 atom stereocenters. The molecule has 4 aromatic rings. The van der Waals surface area contributed by atoms with Crippen molar-refractivity contribution in [1.29, 1.82) is 0 Å². The molecule has 3 heterocycles. The second-order valence-electron chi connectivity index (χ2n) is 5.45. The highest BCUT2D eigenvalue weighted by molar-refractivity contribution is 7.98. The van der Waals surface area contributed by atoms with E-state index in [1.165, 1.54) is 0 Å². The van der Waals surface area contributed by atoms with Gasteiger partial charge >= 0.3 is 0 Å². The molecule has 0 fully saturated rings. The summed E-state index contributed by atoms with van der Waals surface area (Å²) in [6, 6.07) is 9.65. The molecule has 4 rings (SSSR count). The van der Waals surface area contributed by atoms with Crippen LogP contribution in [0.2, 0.25) is 5.02 Å². The van der Waals surface area contributed by atoms with Gasteiger partial charge in [0.15, 0.2) is 5.16 Å². The molecular weight excluding hydrogens is 392 g/mol. The molecule has 26 heavy (non-hydrogen) atoms. The Bertz CT molecular complexity index is 1010. The highest BCUT2D eigenvalue weighted by atomic mass is 35.5. The van der Waals surface area contributed by atoms with Crippen molar-refractivity contribution in [2.75, 3.05) is 13.7 Å². The predicted octanol–water partition coefficient (Wildman–Crippen LogP) is 4.74. The Morgan fingerprint density at radius 2 is 2.23 bits per heavy atom. The van der Waals surface area contributed by atoms with Crippen LogP contribution >= 0.6 is 34.7 Å². The lowest BCUT2D eigenvalue weighted by Crippen LogP contribution is -2.05. The number of benzene rings is 1. The van der Waals surface area contributed by atoms with Gasteiger partial charge in [-0.1, -0.05) is 34.6 Å². The fourth-order valence-corrected chi connectivity index (χ4v) is 4.23. The van der Waals surface area contributed by atoms with Gasteiger partial charge in [0, 0.05) is 18.7 Å². The third-order valence-electron chi connectivity index (χ3n) is 3.73. The lowest BCUT2D eigenvalue weighted by Gasteiger charge is -2.07. The third-order valence-corrected chi connectivity index (χ3v) is 5.79. The zero-order valence-electron chi connectivity index (χ0n) is 13.9. The molecule has 0 aliphatic heterocycles. The first kappa shape index (κ1) is 17.5. The zero-order valence-corrected chi connectivity index (χ0v) is 16.3. The number of thiophene rings is 1. The van der Waals surface area contributed by atoms with E-state index in [0.717, 1.165) is 21.1 Å². The first-order valence-corrected chi connectivity index (χ1v) is 10.1. The molecule has 0 aliphatic carbocycles. The third kappa shape index (κ3) is 3.64. The quantitative estimate of drug-likeness (QED) is 0.413. The van der Waals surface area contributed by atoms with E-state index in [1.807, 2.05) is 35.7 Å². The first-order chi connectivity index (χ1) is 12.7. The number of aromatic nitrogens is 4. The van der Waals surface area contributed by atoms with Crippen LogP contribution < -0.4 is 0 Å². The molecule has 6 nitrogen and oxygen atoms in total. The number of fused-ring (bicyclic) bond motifs is 1. The lowest BCUT2D eigenvalue weighted by atomic mass is 10.3. The van der Waals surface area contributed by atoms with E-state index in [9.17, 15) is 0 Å². The topological polar surface area (TPSA) is 66.0 Å². The van der Waals surface area contributed by atoms with E-state index in [1.54, 1.807) is 30.2 Å². The second-order valence-corrected chi connectivity index (χ2v) is 7.78. The van der Waals surface area contributed by atoms with Crippen molar-refractivity contribution in [3.63, 3.8) is 0 Å². The van der Waals surface area contributed by atoms with Gasteiger partial charge in [-0.05, 0) is 29.6 Å². The van der Waals surface area contributed by atoms with Crippen molar-refractivity contribution in [3.8, 4) is 10.7 Å². The maximum Gasteiger partial charge on any atom is 0.237 e. The van der Waals surface area contributed by atoms with E-state index in [2.05, 4.69) is 14.7 Å². The first-order valence-electron chi connectivity index (χ1n) is 7.88. The van der Waals surface area contributed by atoms with Crippen molar-refractivity contribution in [2.24, 2.45) is 0 Å². The fourth-order valence-electron chi connectivity index (χ4n) is 2.54. The van der Waals surface area contributed by atoms with Crippen LogP contribution in [0.15, 0.2) is 45.4 Å². The van der Waals surface area contributed by atoms with Crippen LogP contribution in [0.1, 0.15) is 5.89 Å². The largest absolute Gasteiger partial charge is 0.383 e. The van der Waals surface area contributed by atoms with Gasteiger partial charge in [0.2, 0.25) is 11.7 Å². The van der Waals surface area contributed by atoms with Gasteiger partial charge in [-0.2, -0.15) is 4.98 Å². The van der Waals surface area contributed by atoms with Gasteiger partial charge in [0.25, 0.3) is 0 Å². The summed E-state index contributed by atoms with van der Waals surface area (Å²) in [6.07, 6.45) is 0. The maximum atomic E-state index is 6.10. The summed E-state index contributed by atoms with van der Waals surface area (Å²) >= 11 is 9.23. The molecule has 134 valence electrons. The Hall–Kier alpha value is -1.87. The van der Waals surface area contributed by atoms with Crippen LogP contribution in [0.3, 0.4) is 0 Å². The van der Waals surface area contributed by atoms with Gasteiger partial charge in [0.1, 0.15) is 0 Å². The fraction of sp³-hybridized carbons (Fsp3) is 0.235. The standard InChI is InChI=1S/C17H15ClN4O2S2/c1-23-7-6-22-13-5-4-11(18)9-12(13)19-17(22)26-10-15-20-16(21-24-15)14-3-2-8-25-14/h2-5,8-9H,6-7,10H2,1H3. The summed E-state index contributed by atoms with van der Waals surface area (Å²) < 4.78 is 12.7. The average molecular weight is 407 g/mol. The molecule has 0 N–H and O–H groups in total. The van der Waals surface area contributed by atoms with E-state index < -0.39 is 0 Å². The summed E-state index contributed by atoms with van der Waals surface area (Å²) in [7, 11) is 1.69. The minimum Gasteiger partial charge on any atom is -0.383 e. The van der Waals surface area contributed by atoms with Crippen molar-refractivity contribution in [2.45, 2.75) is 17.5 Å². The minimum atomic E-state index is 0.544. The molecule has 0 unspecified atom stereocenters. The molecule has 0 radical (unpaired) electrons. The summed E-state index contributed by atoms with van der Waals surface area (Å²) in [5.41, 5.74) is 1.89. The Morgan fingerprint density at radius 3 is 3.04 bits per heavy atom. The van der Waals surface area contributed by atoms with Crippen molar-refractivity contribution in [3.05, 3.63) is 46.6 Å². The number of thioether (sulfide) groups is 1. The SMILES string of the molecule is COCCn1c(SCc2nc(-c3cccs3)no2)nc2cc(Cl)ccc21. The van der Waals surface area contributed by atoms with Gasteiger partial charge in [-0.25, -0.2) is 4.98 Å². The smallest absolute Gasteiger partial charge is 0.237 e. The lowest BCUT2D eigenvalue weighted by molar-refractivity contribution is 0.186. The molecular formula is C17H15ClN4O2S2. The average Bonchev–Trinajstić information content (AvgIpc) is 3.37. The Kier molecular flexibility index (Phi) is 5.26. The number of ether oxygens (including phenoxy) is 1. The molecule has 9 heteroatoms. The van der Waals surface area contributed by atoms with E-state index in [-0.39, 0.29) is 0 Å². The van der Waals surface area contributed by atoms with Crippen molar-refractivity contribution in [1.82, 2.24) is 19.7 Å². The zero-order chi connectivity index (χ0) is 17.9. The Labute approximate surface area is 163 Å². The number of imidazole rings is 1. The highest BCUT2D eigenvalue weighted by Gasteiger charge is 2.15. The number of nitrogens with zero attached hydrogens (tertiary/aromatic N) is 4. The van der Waals surface area contributed by atoms with E-state index in [4.69, 9.17) is 25.8 Å². The van der Waals surface area contributed by atoms with Crippen molar-refractivity contribution >= 4 is 45.7 Å². The van der Waals surface area contributed by atoms with Gasteiger partial charge in [0.05, 0.1) is 28.3 Å². The van der Waals surface area contributed by atoms with Crippen LogP contribution in [0, 0.1) is 0 Å². The molecule has 0 saturated carbocycles. The predicted molar refractivity (Wildman–Crippen MR) is 104 cm³/mol. The summed E-state index contributed by atoms with van der Waals surface area (Å²) in [4.78, 5) is 10.1. The van der Waals surface area contributed by atoms with Crippen molar-refractivity contribution < 1.29 is 9.26 Å². The second kappa shape index (κ2) is 7.79. The number of rotatable bonds is 7. The maximum absolute atomic E-state index is 6.10. The van der Waals surface area contributed by atoms with Crippen LogP contribution in [-0.2, 0) is 17.0 Å². The van der Waals surface area contributed by atoms with Gasteiger partial charge in [-0.3, -0.25) is 0 Å². The Morgan fingerprint density at radius 1 is 1.31 bits per heavy atom. The van der Waals surface area contributed by atoms with Gasteiger partial charge < -0.3 is 13.8 Å². The number of hydrogen-bond acceptors (Lipinski definition) is 7. The molecule has 0 spiro atoms. The normalized spacial score (nSPS) is 11.5. The monoisotopic (exact) mass is 406 g/mol. The number of halogens is 1. The molecule has 0 aliphatic rings. The molecule has 0 bridgehead atoms. The molecule has 1 aromatic carbocycles. The minimum absolute atomic E-state index is 0.544. The summed E-state index contributed by atoms with van der Waals surface area (Å²) in [6.45, 7) is 1.31. The number of hydrogen-bond donors (Lipinski definition) is 0. The van der Waals surface area contributed by atoms with E-state index >= 15 is 0 Å². The highest BCUT2D eigenvalue weighted by Crippen LogP contribution is 2.29. The van der Waals surface area contributed by atoms with E-state index in [0.29, 0.717) is 35.6 Å². The summed E-state index contributed by atoms with van der Waals surface area (Å²) in [5.74, 6) is 1.74. The number of methoxy groups -OCH3 is 1. The van der Waals surface area contributed by atoms with Crippen LogP contribution in [-0.4, -0.2) is 33.4 Å². The Balaban J connectivity index is 1.56.